The van der Waals surface area contributed by atoms with Crippen LogP contribution in [-0.2, 0) is 6.54 Å². The normalized spacial score (nSPS) is 16.1. The number of rotatable bonds is 3. The second-order valence-electron chi connectivity index (χ2n) is 7.01. The lowest BCUT2D eigenvalue weighted by atomic mass is 10.1. The molecule has 0 fully saturated rings. The van der Waals surface area contributed by atoms with Gasteiger partial charge in [0.1, 0.15) is 12.0 Å². The molecule has 8 heteroatoms. The number of aromatic nitrogens is 4. The molecule has 1 atom stereocenters. The lowest BCUT2D eigenvalue weighted by Gasteiger charge is -2.33. The molecule has 29 heavy (non-hydrogen) atoms. The SMILES string of the molecule is Cc1nc(-c2nnc3n2CCN(C(=O)c2ccc(-c4cccs4)cc2)C3C)co1. The Hall–Kier alpha value is -3.26. The first kappa shape index (κ1) is 17.8. The van der Waals surface area contributed by atoms with E-state index in [0.717, 1.165) is 11.4 Å². The Labute approximate surface area is 171 Å². The van der Waals surface area contributed by atoms with E-state index < -0.39 is 0 Å². The summed E-state index contributed by atoms with van der Waals surface area (Å²) in [6, 6.07) is 11.7. The monoisotopic (exact) mass is 405 g/mol. The van der Waals surface area contributed by atoms with E-state index in [0.29, 0.717) is 36.1 Å². The lowest BCUT2D eigenvalue weighted by Crippen LogP contribution is -2.41. The van der Waals surface area contributed by atoms with E-state index in [2.05, 4.69) is 26.6 Å². The van der Waals surface area contributed by atoms with Crippen molar-refractivity contribution in [3.8, 4) is 22.0 Å². The van der Waals surface area contributed by atoms with Gasteiger partial charge in [-0.2, -0.15) is 0 Å². The van der Waals surface area contributed by atoms with Crippen LogP contribution in [0.3, 0.4) is 0 Å². The Kier molecular flexibility index (Phi) is 4.28. The van der Waals surface area contributed by atoms with Gasteiger partial charge in [-0.25, -0.2) is 4.98 Å². The van der Waals surface area contributed by atoms with Crippen LogP contribution in [0.25, 0.3) is 22.0 Å². The predicted octanol–water partition coefficient (Wildman–Crippen LogP) is 4.19. The molecule has 5 rings (SSSR count). The van der Waals surface area contributed by atoms with Gasteiger partial charge in [0.2, 0.25) is 0 Å². The van der Waals surface area contributed by atoms with E-state index in [1.165, 1.54) is 4.88 Å². The van der Waals surface area contributed by atoms with Crippen molar-refractivity contribution in [1.82, 2.24) is 24.6 Å². The van der Waals surface area contributed by atoms with Gasteiger partial charge in [-0.05, 0) is 36.1 Å². The molecule has 1 aliphatic heterocycles. The highest BCUT2D eigenvalue weighted by Gasteiger charge is 2.32. The Bertz CT molecular complexity index is 1160. The molecule has 1 aromatic carbocycles. The van der Waals surface area contributed by atoms with Crippen LogP contribution >= 0.6 is 11.3 Å². The Morgan fingerprint density at radius 2 is 2.00 bits per heavy atom. The summed E-state index contributed by atoms with van der Waals surface area (Å²) in [4.78, 5) is 20.5. The Morgan fingerprint density at radius 3 is 2.69 bits per heavy atom. The van der Waals surface area contributed by atoms with Gasteiger partial charge in [-0.3, -0.25) is 4.79 Å². The number of hydrogen-bond acceptors (Lipinski definition) is 6. The molecule has 146 valence electrons. The second-order valence-corrected chi connectivity index (χ2v) is 7.96. The highest BCUT2D eigenvalue weighted by Crippen LogP contribution is 2.30. The Balaban J connectivity index is 1.39. The van der Waals surface area contributed by atoms with Crippen LogP contribution in [0.1, 0.15) is 35.0 Å². The van der Waals surface area contributed by atoms with Crippen molar-refractivity contribution in [1.29, 1.82) is 0 Å². The minimum Gasteiger partial charge on any atom is -0.449 e. The molecule has 1 amide bonds. The molecule has 3 aromatic heterocycles. The first-order valence-electron chi connectivity index (χ1n) is 9.42. The first-order chi connectivity index (χ1) is 14.1. The van der Waals surface area contributed by atoms with Gasteiger partial charge in [-0.15, -0.1) is 21.5 Å². The molecular formula is C21H19N5O2S. The minimum atomic E-state index is -0.178. The fourth-order valence-corrected chi connectivity index (χ4v) is 4.44. The summed E-state index contributed by atoms with van der Waals surface area (Å²) >= 11 is 1.69. The number of thiophene rings is 1. The number of hydrogen-bond donors (Lipinski definition) is 0. The number of aryl methyl sites for hydroxylation is 1. The number of amides is 1. The summed E-state index contributed by atoms with van der Waals surface area (Å²) in [5.41, 5.74) is 2.46. The zero-order valence-corrected chi connectivity index (χ0v) is 16.9. The molecule has 4 heterocycles. The van der Waals surface area contributed by atoms with Gasteiger partial charge < -0.3 is 13.9 Å². The molecule has 7 nitrogen and oxygen atoms in total. The average molecular weight is 405 g/mol. The summed E-state index contributed by atoms with van der Waals surface area (Å²) in [6.07, 6.45) is 1.59. The standard InChI is InChI=1S/C21H19N5O2S/c1-13-19-23-24-20(17-12-28-14(2)22-17)26(19)10-9-25(13)21(27)16-7-5-15(6-8-16)18-4-3-11-29-18/h3-8,11-13H,9-10H2,1-2H3. The first-order valence-corrected chi connectivity index (χ1v) is 10.3. The fourth-order valence-electron chi connectivity index (χ4n) is 3.70. The summed E-state index contributed by atoms with van der Waals surface area (Å²) in [6.45, 7) is 4.98. The smallest absolute Gasteiger partial charge is 0.254 e. The third-order valence-corrected chi connectivity index (χ3v) is 6.15. The van der Waals surface area contributed by atoms with Crippen molar-refractivity contribution in [2.75, 3.05) is 6.54 Å². The number of nitrogens with zero attached hydrogens (tertiary/aromatic N) is 5. The maximum absolute atomic E-state index is 13.1. The van der Waals surface area contributed by atoms with Gasteiger partial charge in [0.15, 0.2) is 17.5 Å². The van der Waals surface area contributed by atoms with E-state index in [1.807, 2.05) is 46.7 Å². The zero-order chi connectivity index (χ0) is 20.0. The van der Waals surface area contributed by atoms with Crippen LogP contribution in [0, 0.1) is 6.92 Å². The van der Waals surface area contributed by atoms with Crippen molar-refractivity contribution >= 4 is 17.2 Å². The van der Waals surface area contributed by atoms with Crippen LogP contribution in [0.15, 0.2) is 52.5 Å². The van der Waals surface area contributed by atoms with E-state index in [9.17, 15) is 4.79 Å². The van der Waals surface area contributed by atoms with Crippen molar-refractivity contribution in [3.05, 3.63) is 65.3 Å². The number of carbonyl (C=O) groups is 1. The molecule has 4 aromatic rings. The summed E-state index contributed by atoms with van der Waals surface area (Å²) in [7, 11) is 0. The molecule has 0 N–H and O–H groups in total. The van der Waals surface area contributed by atoms with Gasteiger partial charge in [0, 0.05) is 30.5 Å². The quantitative estimate of drug-likeness (QED) is 0.511. The molecule has 1 unspecified atom stereocenters. The molecule has 0 aliphatic carbocycles. The summed E-state index contributed by atoms with van der Waals surface area (Å²) in [5, 5.41) is 10.7. The maximum atomic E-state index is 13.1. The number of fused-ring (bicyclic) bond motifs is 1. The largest absolute Gasteiger partial charge is 0.449 e. The molecular weight excluding hydrogens is 386 g/mol. The van der Waals surface area contributed by atoms with Gasteiger partial charge >= 0.3 is 0 Å². The van der Waals surface area contributed by atoms with Crippen molar-refractivity contribution in [2.24, 2.45) is 0 Å². The predicted molar refractivity (Wildman–Crippen MR) is 109 cm³/mol. The summed E-state index contributed by atoms with van der Waals surface area (Å²) < 4.78 is 7.32. The van der Waals surface area contributed by atoms with Gasteiger partial charge in [0.25, 0.3) is 5.91 Å². The third kappa shape index (κ3) is 3.05. The Morgan fingerprint density at radius 1 is 1.17 bits per heavy atom. The number of oxazole rings is 1. The van der Waals surface area contributed by atoms with Crippen molar-refractivity contribution < 1.29 is 9.21 Å². The molecule has 0 spiro atoms. The van der Waals surface area contributed by atoms with Crippen LogP contribution in [0.2, 0.25) is 0 Å². The van der Waals surface area contributed by atoms with Crippen LogP contribution < -0.4 is 0 Å². The zero-order valence-electron chi connectivity index (χ0n) is 16.1. The third-order valence-electron chi connectivity index (χ3n) is 5.23. The van der Waals surface area contributed by atoms with Crippen LogP contribution in [0.4, 0.5) is 0 Å². The lowest BCUT2D eigenvalue weighted by molar-refractivity contribution is 0.0638. The summed E-state index contributed by atoms with van der Waals surface area (Å²) in [5.74, 6) is 2.03. The van der Waals surface area contributed by atoms with E-state index in [-0.39, 0.29) is 11.9 Å². The number of benzene rings is 1. The van der Waals surface area contributed by atoms with E-state index >= 15 is 0 Å². The average Bonchev–Trinajstić information content (AvgIpc) is 3.48. The van der Waals surface area contributed by atoms with Gasteiger partial charge in [0.05, 0.1) is 6.04 Å². The van der Waals surface area contributed by atoms with E-state index in [1.54, 1.807) is 24.5 Å². The minimum absolute atomic E-state index is 0.00306. The van der Waals surface area contributed by atoms with Crippen molar-refractivity contribution in [2.45, 2.75) is 26.4 Å². The van der Waals surface area contributed by atoms with Crippen molar-refractivity contribution in [3.63, 3.8) is 0 Å². The second kappa shape index (κ2) is 6.97. The van der Waals surface area contributed by atoms with Crippen LogP contribution in [-0.4, -0.2) is 37.1 Å². The molecule has 0 saturated carbocycles. The molecule has 0 bridgehead atoms. The topological polar surface area (TPSA) is 77.1 Å². The molecule has 0 saturated heterocycles. The fraction of sp³-hybridized carbons (Fsp3) is 0.238. The highest BCUT2D eigenvalue weighted by molar-refractivity contribution is 7.13. The van der Waals surface area contributed by atoms with Crippen LogP contribution in [0.5, 0.6) is 0 Å². The molecule has 0 radical (unpaired) electrons. The van der Waals surface area contributed by atoms with Gasteiger partial charge in [-0.1, -0.05) is 18.2 Å². The van der Waals surface area contributed by atoms with E-state index in [4.69, 9.17) is 4.42 Å². The number of carbonyl (C=O) groups excluding carboxylic acids is 1. The maximum Gasteiger partial charge on any atom is 0.254 e. The highest BCUT2D eigenvalue weighted by atomic mass is 32.1. The molecule has 1 aliphatic rings.